The van der Waals surface area contributed by atoms with Gasteiger partial charge in [0.25, 0.3) is 0 Å². The van der Waals surface area contributed by atoms with E-state index in [0.29, 0.717) is 55.9 Å². The fourth-order valence-electron chi connectivity index (χ4n) is 3.52. The van der Waals surface area contributed by atoms with E-state index in [2.05, 4.69) is 30.2 Å². The van der Waals surface area contributed by atoms with E-state index in [9.17, 15) is 4.79 Å². The second-order valence-corrected chi connectivity index (χ2v) is 8.21. The van der Waals surface area contributed by atoms with Crippen LogP contribution in [0, 0.1) is 0 Å². The van der Waals surface area contributed by atoms with E-state index in [-0.39, 0.29) is 5.91 Å². The molecule has 0 bridgehead atoms. The van der Waals surface area contributed by atoms with E-state index in [4.69, 9.17) is 9.05 Å². The molecule has 0 aliphatic carbocycles. The molecule has 0 radical (unpaired) electrons. The number of amides is 1. The number of hydrogen-bond acceptors (Lipinski definition) is 10. The van der Waals surface area contributed by atoms with Crippen molar-refractivity contribution in [3.05, 3.63) is 53.1 Å². The average Bonchev–Trinajstić information content (AvgIpc) is 3.60. The van der Waals surface area contributed by atoms with Crippen LogP contribution in [0.1, 0.15) is 18.2 Å². The highest BCUT2D eigenvalue weighted by atomic mass is 32.1. The molecule has 4 aromatic heterocycles. The van der Waals surface area contributed by atoms with E-state index in [1.54, 1.807) is 23.7 Å². The number of aryl methyl sites for hydroxylation is 1. The molecule has 0 spiro atoms. The first-order valence-electron chi connectivity index (χ1n) is 10.3. The highest BCUT2D eigenvalue weighted by molar-refractivity contribution is 7.08. The first-order valence-corrected chi connectivity index (χ1v) is 11.3. The van der Waals surface area contributed by atoms with Gasteiger partial charge >= 0.3 is 0 Å². The summed E-state index contributed by atoms with van der Waals surface area (Å²) in [5, 5.41) is 12.0. The number of hydrogen-bond donors (Lipinski definition) is 0. The molecule has 5 heterocycles. The maximum absolute atomic E-state index is 12.6. The van der Waals surface area contributed by atoms with Crippen molar-refractivity contribution in [1.29, 1.82) is 0 Å². The summed E-state index contributed by atoms with van der Waals surface area (Å²) in [5.41, 5.74) is 1.80. The van der Waals surface area contributed by atoms with Crippen LogP contribution in [-0.2, 0) is 17.8 Å². The van der Waals surface area contributed by atoms with Crippen molar-refractivity contribution in [3.63, 3.8) is 0 Å². The van der Waals surface area contributed by atoms with Crippen molar-refractivity contribution in [1.82, 2.24) is 35.1 Å². The van der Waals surface area contributed by atoms with Gasteiger partial charge in [-0.1, -0.05) is 10.3 Å². The fourth-order valence-corrected chi connectivity index (χ4v) is 4.16. The molecule has 11 heteroatoms. The molecule has 1 fully saturated rings. The van der Waals surface area contributed by atoms with Crippen molar-refractivity contribution >= 4 is 17.2 Å². The Morgan fingerprint density at radius 3 is 2.41 bits per heavy atom. The molecule has 0 unspecified atom stereocenters. The van der Waals surface area contributed by atoms with Crippen molar-refractivity contribution in [2.24, 2.45) is 0 Å². The quantitative estimate of drug-likeness (QED) is 0.418. The molecule has 1 saturated heterocycles. The summed E-state index contributed by atoms with van der Waals surface area (Å²) in [5.74, 6) is 2.26. The summed E-state index contributed by atoms with van der Waals surface area (Å²) in [7, 11) is 0. The van der Waals surface area contributed by atoms with Gasteiger partial charge in [-0.25, -0.2) is 0 Å². The molecule has 0 N–H and O–H groups in total. The van der Waals surface area contributed by atoms with Gasteiger partial charge in [0.2, 0.25) is 29.3 Å². The number of rotatable bonds is 7. The monoisotopic (exact) mass is 451 g/mol. The third-order valence-corrected chi connectivity index (χ3v) is 5.97. The van der Waals surface area contributed by atoms with Crippen LogP contribution in [0.2, 0.25) is 0 Å². The number of carbonyl (C=O) groups excluding carboxylic acids is 1. The zero-order chi connectivity index (χ0) is 21.8. The number of thiophene rings is 1. The van der Waals surface area contributed by atoms with Crippen molar-refractivity contribution < 1.29 is 13.8 Å². The predicted octanol–water partition coefficient (Wildman–Crippen LogP) is 2.52. The number of aromatic nitrogens is 5. The van der Waals surface area contributed by atoms with Crippen LogP contribution in [0.3, 0.4) is 0 Å². The van der Waals surface area contributed by atoms with Crippen LogP contribution < -0.4 is 0 Å². The average molecular weight is 452 g/mol. The first-order chi connectivity index (χ1) is 15.7. The van der Waals surface area contributed by atoms with Gasteiger partial charge in [0.15, 0.2) is 0 Å². The SMILES string of the molecule is O=C(CCc1nc(-c2ccncc2)no1)N1CCN(Cc2nc(-c3ccsc3)no2)CC1. The van der Waals surface area contributed by atoms with Gasteiger partial charge in [0.05, 0.1) is 6.54 Å². The second kappa shape index (κ2) is 9.37. The third kappa shape index (κ3) is 4.73. The van der Waals surface area contributed by atoms with E-state index >= 15 is 0 Å². The minimum absolute atomic E-state index is 0.0887. The molecular weight excluding hydrogens is 430 g/mol. The normalized spacial score (nSPS) is 14.7. The molecule has 1 amide bonds. The van der Waals surface area contributed by atoms with Gasteiger partial charge in [0, 0.05) is 67.9 Å². The minimum Gasteiger partial charge on any atom is -0.340 e. The lowest BCUT2D eigenvalue weighted by Gasteiger charge is -2.33. The summed E-state index contributed by atoms with van der Waals surface area (Å²) in [4.78, 5) is 29.5. The molecule has 4 aromatic rings. The lowest BCUT2D eigenvalue weighted by molar-refractivity contribution is -0.133. The Morgan fingerprint density at radius 1 is 0.938 bits per heavy atom. The van der Waals surface area contributed by atoms with E-state index in [1.807, 2.05) is 33.9 Å². The highest BCUT2D eigenvalue weighted by Gasteiger charge is 2.23. The lowest BCUT2D eigenvalue weighted by atomic mass is 10.2. The molecule has 0 atom stereocenters. The summed E-state index contributed by atoms with van der Waals surface area (Å²) < 4.78 is 10.7. The van der Waals surface area contributed by atoms with Crippen LogP contribution in [-0.4, -0.2) is 67.2 Å². The Balaban J connectivity index is 1.08. The van der Waals surface area contributed by atoms with Gasteiger partial charge in [0.1, 0.15) is 0 Å². The Hall–Kier alpha value is -3.44. The Kier molecular flexibility index (Phi) is 5.99. The molecule has 5 rings (SSSR count). The molecule has 164 valence electrons. The first kappa shape index (κ1) is 20.5. The van der Waals surface area contributed by atoms with Gasteiger partial charge in [-0.05, 0) is 23.6 Å². The molecule has 1 aliphatic heterocycles. The fraction of sp³-hybridized carbons (Fsp3) is 0.333. The van der Waals surface area contributed by atoms with Crippen LogP contribution in [0.4, 0.5) is 0 Å². The summed E-state index contributed by atoms with van der Waals surface area (Å²) in [6.45, 7) is 3.43. The van der Waals surface area contributed by atoms with Crippen molar-refractivity contribution in [2.45, 2.75) is 19.4 Å². The van der Waals surface area contributed by atoms with Gasteiger partial charge in [-0.2, -0.15) is 21.3 Å². The zero-order valence-corrected chi connectivity index (χ0v) is 18.1. The van der Waals surface area contributed by atoms with E-state index in [1.165, 1.54) is 0 Å². The third-order valence-electron chi connectivity index (χ3n) is 5.29. The van der Waals surface area contributed by atoms with Crippen molar-refractivity contribution in [3.8, 4) is 22.8 Å². The topological polar surface area (TPSA) is 114 Å². The Morgan fingerprint density at radius 2 is 1.66 bits per heavy atom. The summed E-state index contributed by atoms with van der Waals surface area (Å²) >= 11 is 1.60. The van der Waals surface area contributed by atoms with E-state index < -0.39 is 0 Å². The molecular formula is C21H21N7O3S. The van der Waals surface area contributed by atoms with Crippen LogP contribution >= 0.6 is 11.3 Å². The molecule has 1 aliphatic rings. The maximum atomic E-state index is 12.6. The predicted molar refractivity (Wildman–Crippen MR) is 115 cm³/mol. The van der Waals surface area contributed by atoms with Gasteiger partial charge in [-0.3, -0.25) is 14.7 Å². The van der Waals surface area contributed by atoms with Gasteiger partial charge < -0.3 is 13.9 Å². The lowest BCUT2D eigenvalue weighted by Crippen LogP contribution is -2.48. The number of pyridine rings is 1. The van der Waals surface area contributed by atoms with Crippen LogP contribution in [0.25, 0.3) is 22.8 Å². The number of nitrogens with zero attached hydrogens (tertiary/aromatic N) is 7. The standard InChI is InChI=1S/C21H21N7O3S/c29-19(2-1-17-23-20(25-30-17)15-3-6-22-7-4-15)28-10-8-27(9-11-28)13-18-24-21(26-31-18)16-5-12-32-14-16/h3-7,12,14H,1-2,8-11,13H2. The summed E-state index contributed by atoms with van der Waals surface area (Å²) in [6, 6.07) is 5.60. The van der Waals surface area contributed by atoms with E-state index in [0.717, 1.165) is 24.2 Å². The molecule has 10 nitrogen and oxygen atoms in total. The summed E-state index contributed by atoms with van der Waals surface area (Å²) in [6.07, 6.45) is 4.11. The van der Waals surface area contributed by atoms with Crippen molar-refractivity contribution in [2.75, 3.05) is 26.2 Å². The van der Waals surface area contributed by atoms with Gasteiger partial charge in [-0.15, -0.1) is 0 Å². The largest absolute Gasteiger partial charge is 0.340 e. The molecule has 0 saturated carbocycles. The number of carbonyl (C=O) groups is 1. The number of piperazine rings is 1. The minimum atomic E-state index is 0.0887. The zero-order valence-electron chi connectivity index (χ0n) is 17.3. The van der Waals surface area contributed by atoms with Crippen LogP contribution in [0.15, 0.2) is 50.4 Å². The smallest absolute Gasteiger partial charge is 0.241 e. The Bertz CT molecular complexity index is 1150. The second-order valence-electron chi connectivity index (χ2n) is 7.43. The van der Waals surface area contributed by atoms with Crippen LogP contribution in [0.5, 0.6) is 0 Å². The Labute approximate surface area is 187 Å². The maximum Gasteiger partial charge on any atom is 0.241 e. The highest BCUT2D eigenvalue weighted by Crippen LogP contribution is 2.19. The molecule has 32 heavy (non-hydrogen) atoms. The molecule has 0 aromatic carbocycles.